The van der Waals surface area contributed by atoms with Crippen LogP contribution in [0.3, 0.4) is 0 Å². The Morgan fingerprint density at radius 1 is 1.16 bits per heavy atom. The molecule has 0 unspecified atom stereocenters. The lowest BCUT2D eigenvalue weighted by Crippen LogP contribution is -2.13. The molecular weight excluding hydrogens is 414 g/mol. The normalized spacial score (nSPS) is 10.8. The number of amides is 1. The van der Waals surface area contributed by atoms with Crippen molar-refractivity contribution < 1.29 is 23.7 Å². The predicted molar refractivity (Wildman–Crippen MR) is 115 cm³/mol. The van der Waals surface area contributed by atoms with Crippen molar-refractivity contribution in [1.29, 1.82) is 5.26 Å². The number of hydrogen-bond acceptors (Lipinski definition) is 7. The van der Waals surface area contributed by atoms with E-state index in [4.69, 9.17) is 9.15 Å². The number of nitrogens with zero attached hydrogens (tertiary/aromatic N) is 2. The zero-order valence-electron chi connectivity index (χ0n) is 16.9. The lowest BCUT2D eigenvalue weighted by atomic mass is 10.1. The van der Waals surface area contributed by atoms with Gasteiger partial charge < -0.3 is 14.5 Å². The smallest absolute Gasteiger partial charge is 0.338 e. The molecule has 3 aromatic rings. The number of esters is 1. The summed E-state index contributed by atoms with van der Waals surface area (Å²) >= 11 is 0. The summed E-state index contributed by atoms with van der Waals surface area (Å²) in [7, 11) is 0. The third kappa shape index (κ3) is 5.06. The van der Waals surface area contributed by atoms with E-state index in [0.717, 1.165) is 0 Å². The van der Waals surface area contributed by atoms with Crippen molar-refractivity contribution >= 4 is 29.3 Å². The molecule has 0 fully saturated rings. The zero-order valence-corrected chi connectivity index (χ0v) is 16.9. The van der Waals surface area contributed by atoms with Crippen LogP contribution in [0.25, 0.3) is 17.4 Å². The first kappa shape index (κ1) is 22.0. The molecule has 3 rings (SSSR count). The standard InChI is InChI=1S/C23H17N3O6/c1-2-31-23(28)15-7-9-17(10-8-15)25-22(27)16(14-24)13-18-11-12-21(32-18)19-5-3-4-6-20(19)26(29)30/h3-13H,2H2,1H3,(H,25,27). The molecule has 9 heteroatoms. The number of hydrogen-bond donors (Lipinski definition) is 1. The minimum atomic E-state index is -0.681. The van der Waals surface area contributed by atoms with Crippen LogP contribution in [0.4, 0.5) is 11.4 Å². The molecule has 1 amide bonds. The Kier molecular flexibility index (Phi) is 6.78. The summed E-state index contributed by atoms with van der Waals surface area (Å²) in [5.41, 5.74) is 0.634. The Morgan fingerprint density at radius 3 is 2.53 bits per heavy atom. The molecule has 0 saturated heterocycles. The lowest BCUT2D eigenvalue weighted by Gasteiger charge is -2.06. The number of nitriles is 1. The number of nitrogens with one attached hydrogen (secondary N) is 1. The predicted octanol–water partition coefficient (Wildman–Crippen LogP) is 4.58. The fourth-order valence-corrected chi connectivity index (χ4v) is 2.81. The van der Waals surface area contributed by atoms with Crippen molar-refractivity contribution in [3.63, 3.8) is 0 Å². The number of furan rings is 1. The molecule has 160 valence electrons. The summed E-state index contributed by atoms with van der Waals surface area (Å²) in [6.45, 7) is 1.95. The van der Waals surface area contributed by atoms with E-state index in [-0.39, 0.29) is 35.0 Å². The highest BCUT2D eigenvalue weighted by Gasteiger charge is 2.18. The summed E-state index contributed by atoms with van der Waals surface area (Å²) in [6, 6.07) is 16.9. The van der Waals surface area contributed by atoms with E-state index in [9.17, 15) is 25.0 Å². The number of para-hydroxylation sites is 1. The van der Waals surface area contributed by atoms with Gasteiger partial charge in [-0.3, -0.25) is 14.9 Å². The molecule has 1 N–H and O–H groups in total. The molecular formula is C23H17N3O6. The zero-order chi connectivity index (χ0) is 23.1. The minimum Gasteiger partial charge on any atom is -0.462 e. The largest absolute Gasteiger partial charge is 0.462 e. The summed E-state index contributed by atoms with van der Waals surface area (Å²) in [5.74, 6) is -0.742. The number of benzene rings is 2. The molecule has 1 aromatic heterocycles. The fourth-order valence-electron chi connectivity index (χ4n) is 2.81. The van der Waals surface area contributed by atoms with Gasteiger partial charge >= 0.3 is 5.97 Å². The third-order valence-corrected chi connectivity index (χ3v) is 4.30. The highest BCUT2D eigenvalue weighted by molar-refractivity contribution is 6.09. The maximum Gasteiger partial charge on any atom is 0.338 e. The van der Waals surface area contributed by atoms with Gasteiger partial charge in [-0.2, -0.15) is 5.26 Å². The monoisotopic (exact) mass is 431 g/mol. The van der Waals surface area contributed by atoms with Crippen molar-refractivity contribution in [2.24, 2.45) is 0 Å². The van der Waals surface area contributed by atoms with Crippen LogP contribution in [0.1, 0.15) is 23.0 Å². The lowest BCUT2D eigenvalue weighted by molar-refractivity contribution is -0.384. The molecule has 2 aromatic carbocycles. The highest BCUT2D eigenvalue weighted by atomic mass is 16.6. The Morgan fingerprint density at radius 2 is 1.88 bits per heavy atom. The molecule has 0 saturated carbocycles. The number of anilines is 1. The van der Waals surface area contributed by atoms with Crippen LogP contribution in [0.5, 0.6) is 0 Å². The molecule has 0 spiro atoms. The molecule has 9 nitrogen and oxygen atoms in total. The van der Waals surface area contributed by atoms with Crippen LogP contribution >= 0.6 is 0 Å². The average molecular weight is 431 g/mol. The van der Waals surface area contributed by atoms with Crippen molar-refractivity contribution in [3.05, 3.63) is 87.7 Å². The molecule has 0 radical (unpaired) electrons. The van der Waals surface area contributed by atoms with Gasteiger partial charge in [0.15, 0.2) is 0 Å². The second-order valence-corrected chi connectivity index (χ2v) is 6.40. The summed E-state index contributed by atoms with van der Waals surface area (Å²) < 4.78 is 10.5. The van der Waals surface area contributed by atoms with E-state index in [2.05, 4.69) is 5.32 Å². The Balaban J connectivity index is 1.77. The Labute approximate surface area is 182 Å². The van der Waals surface area contributed by atoms with Gasteiger partial charge in [0, 0.05) is 17.8 Å². The molecule has 0 aliphatic carbocycles. The average Bonchev–Trinajstić information content (AvgIpc) is 3.26. The second-order valence-electron chi connectivity index (χ2n) is 6.40. The molecule has 1 heterocycles. The first-order valence-corrected chi connectivity index (χ1v) is 9.47. The fraction of sp³-hybridized carbons (Fsp3) is 0.0870. The van der Waals surface area contributed by atoms with Gasteiger partial charge in [-0.1, -0.05) is 12.1 Å². The first-order valence-electron chi connectivity index (χ1n) is 9.47. The van der Waals surface area contributed by atoms with E-state index in [0.29, 0.717) is 11.3 Å². The van der Waals surface area contributed by atoms with Crippen LogP contribution in [0, 0.1) is 21.4 Å². The van der Waals surface area contributed by atoms with E-state index < -0.39 is 16.8 Å². The van der Waals surface area contributed by atoms with Crippen LogP contribution < -0.4 is 5.32 Å². The quantitative estimate of drug-likeness (QED) is 0.190. The van der Waals surface area contributed by atoms with Gasteiger partial charge in [0.2, 0.25) is 0 Å². The van der Waals surface area contributed by atoms with E-state index in [1.807, 2.05) is 0 Å². The SMILES string of the molecule is CCOC(=O)c1ccc(NC(=O)C(C#N)=Cc2ccc(-c3ccccc3[N+](=O)[O-])o2)cc1. The Hall–Kier alpha value is -4.71. The number of nitro benzene ring substituents is 1. The number of nitro groups is 1. The number of carbonyl (C=O) groups is 2. The number of ether oxygens (including phenoxy) is 1. The van der Waals surface area contributed by atoms with Crippen molar-refractivity contribution in [3.8, 4) is 17.4 Å². The Bertz CT molecular complexity index is 1240. The van der Waals surface area contributed by atoms with Gasteiger partial charge in [-0.25, -0.2) is 4.79 Å². The van der Waals surface area contributed by atoms with E-state index >= 15 is 0 Å². The van der Waals surface area contributed by atoms with Crippen molar-refractivity contribution in [2.45, 2.75) is 6.92 Å². The second kappa shape index (κ2) is 9.86. The molecule has 0 aliphatic heterocycles. The van der Waals surface area contributed by atoms with Gasteiger partial charge in [0.25, 0.3) is 11.6 Å². The minimum absolute atomic E-state index is 0.123. The van der Waals surface area contributed by atoms with Crippen LogP contribution in [-0.2, 0) is 9.53 Å². The van der Waals surface area contributed by atoms with Gasteiger partial charge in [0.05, 0.1) is 22.7 Å². The summed E-state index contributed by atoms with van der Waals surface area (Å²) in [5, 5.41) is 23.2. The third-order valence-electron chi connectivity index (χ3n) is 4.30. The van der Waals surface area contributed by atoms with Gasteiger partial charge in [-0.05, 0) is 49.4 Å². The van der Waals surface area contributed by atoms with Gasteiger partial charge in [0.1, 0.15) is 23.2 Å². The number of carbonyl (C=O) groups excluding carboxylic acids is 2. The van der Waals surface area contributed by atoms with Crippen molar-refractivity contribution in [2.75, 3.05) is 11.9 Å². The van der Waals surface area contributed by atoms with E-state index in [1.165, 1.54) is 48.5 Å². The first-order chi connectivity index (χ1) is 15.4. The maximum atomic E-state index is 12.5. The van der Waals surface area contributed by atoms with Crippen LogP contribution in [0.15, 0.2) is 70.7 Å². The summed E-state index contributed by atoms with van der Waals surface area (Å²) in [4.78, 5) is 34.8. The number of rotatable bonds is 7. The van der Waals surface area contributed by atoms with Crippen LogP contribution in [0.2, 0.25) is 0 Å². The topological polar surface area (TPSA) is 135 Å². The van der Waals surface area contributed by atoms with E-state index in [1.54, 1.807) is 31.2 Å². The maximum absolute atomic E-state index is 12.5. The highest BCUT2D eigenvalue weighted by Crippen LogP contribution is 2.31. The molecule has 0 atom stereocenters. The van der Waals surface area contributed by atoms with Gasteiger partial charge in [-0.15, -0.1) is 0 Å². The van der Waals surface area contributed by atoms with Crippen molar-refractivity contribution in [1.82, 2.24) is 0 Å². The summed E-state index contributed by atoms with van der Waals surface area (Å²) in [6.07, 6.45) is 1.24. The molecule has 0 bridgehead atoms. The molecule has 32 heavy (non-hydrogen) atoms. The van der Waals surface area contributed by atoms with Crippen LogP contribution in [-0.4, -0.2) is 23.4 Å². The molecule has 0 aliphatic rings.